The van der Waals surface area contributed by atoms with Crippen LogP contribution in [0.15, 0.2) is 30.5 Å². The summed E-state index contributed by atoms with van der Waals surface area (Å²) in [5, 5.41) is 10.8. The van der Waals surface area contributed by atoms with Crippen molar-refractivity contribution < 1.29 is 14.6 Å². The van der Waals surface area contributed by atoms with Crippen LogP contribution < -0.4 is 4.74 Å². The van der Waals surface area contributed by atoms with Crippen molar-refractivity contribution in [2.75, 3.05) is 26.2 Å². The lowest BCUT2D eigenvalue weighted by Gasteiger charge is -2.45. The second-order valence-electron chi connectivity index (χ2n) is 12.0. The Bertz CT molecular complexity index is 1010. The van der Waals surface area contributed by atoms with E-state index >= 15 is 0 Å². The number of hydrogen-bond donors (Lipinski definition) is 1. The molecule has 0 saturated carbocycles. The van der Waals surface area contributed by atoms with E-state index in [2.05, 4.69) is 55.8 Å². The number of unbranched alkanes of at least 4 members (excludes halogenated alkanes) is 1. The van der Waals surface area contributed by atoms with Gasteiger partial charge in [0.2, 0.25) is 0 Å². The number of carbonyl (C=O) groups is 1. The van der Waals surface area contributed by atoms with Crippen LogP contribution in [0.5, 0.6) is 5.75 Å². The van der Waals surface area contributed by atoms with Crippen molar-refractivity contribution in [3.8, 4) is 5.75 Å². The molecule has 198 valence electrons. The van der Waals surface area contributed by atoms with Crippen LogP contribution in [0.2, 0.25) is 0 Å². The van der Waals surface area contributed by atoms with Gasteiger partial charge in [-0.25, -0.2) is 4.79 Å². The number of carboxylic acid groups (broad SMARTS) is 1. The van der Waals surface area contributed by atoms with Crippen LogP contribution in [0.3, 0.4) is 0 Å². The summed E-state index contributed by atoms with van der Waals surface area (Å²) in [6, 6.07) is 8.72. The lowest BCUT2D eigenvalue weighted by atomic mass is 9.76. The molecule has 6 nitrogen and oxygen atoms in total. The Hall–Kier alpha value is -2.34. The van der Waals surface area contributed by atoms with Crippen LogP contribution in [-0.2, 0) is 6.42 Å². The topological polar surface area (TPSA) is 65.9 Å². The Morgan fingerprint density at radius 1 is 1.17 bits per heavy atom. The number of aryl methyl sites for hydroxylation is 1. The second kappa shape index (κ2) is 11.8. The lowest BCUT2D eigenvalue weighted by molar-refractivity contribution is 0.0347. The number of likely N-dealkylation sites (tertiary alicyclic amines) is 2. The molecular weight excluding hydrogens is 450 g/mol. The number of rotatable bonds is 8. The van der Waals surface area contributed by atoms with Crippen LogP contribution in [0.25, 0.3) is 10.9 Å². The third-order valence-electron chi connectivity index (χ3n) is 8.19. The van der Waals surface area contributed by atoms with Gasteiger partial charge in [0.25, 0.3) is 0 Å². The maximum Gasteiger partial charge on any atom is 0.407 e. The number of fused-ring (bicyclic) bond motifs is 1. The molecule has 2 atom stereocenters. The van der Waals surface area contributed by atoms with Crippen molar-refractivity contribution in [3.63, 3.8) is 0 Å². The van der Waals surface area contributed by atoms with Crippen molar-refractivity contribution in [3.05, 3.63) is 36.0 Å². The van der Waals surface area contributed by atoms with Gasteiger partial charge < -0.3 is 19.6 Å². The fourth-order valence-electron chi connectivity index (χ4n) is 5.98. The van der Waals surface area contributed by atoms with Gasteiger partial charge in [-0.1, -0.05) is 40.2 Å². The first-order chi connectivity index (χ1) is 17.2. The summed E-state index contributed by atoms with van der Waals surface area (Å²) >= 11 is 0. The molecule has 0 bridgehead atoms. The highest BCUT2D eigenvalue weighted by Gasteiger charge is 2.38. The molecule has 4 rings (SSSR count). The number of piperidine rings is 2. The zero-order valence-corrected chi connectivity index (χ0v) is 22.7. The molecule has 0 spiro atoms. The van der Waals surface area contributed by atoms with E-state index in [1.54, 1.807) is 4.90 Å². The SMILES string of the molecule is CCCCc1cc(OC2CCN(CCC3CCN(C(=O)O)C(C(C)(C)C)C3)CC2)c2ncccc2c1. The molecule has 0 aliphatic carbocycles. The Kier molecular flexibility index (Phi) is 8.76. The first kappa shape index (κ1) is 26.7. The standard InChI is InChI=1S/C30H45N3O3/c1-5-6-8-23-19-24-9-7-14-31-28(24)26(20-23)36-25-12-16-32(17-13-25)15-10-22-11-18-33(29(34)35)27(21-22)30(2,3)4/h7,9,14,19-20,22,25,27H,5-6,8,10-13,15-18,21H2,1-4H3,(H,34,35). The quantitative estimate of drug-likeness (QED) is 0.446. The van der Waals surface area contributed by atoms with E-state index in [1.165, 1.54) is 23.8 Å². The van der Waals surface area contributed by atoms with E-state index in [0.717, 1.165) is 69.4 Å². The van der Waals surface area contributed by atoms with Gasteiger partial charge in [-0.2, -0.15) is 0 Å². The van der Waals surface area contributed by atoms with E-state index in [-0.39, 0.29) is 17.6 Å². The first-order valence-corrected chi connectivity index (χ1v) is 14.0. The molecule has 1 N–H and O–H groups in total. The van der Waals surface area contributed by atoms with E-state index in [9.17, 15) is 9.90 Å². The first-order valence-electron chi connectivity index (χ1n) is 14.0. The molecule has 36 heavy (non-hydrogen) atoms. The Morgan fingerprint density at radius 2 is 1.94 bits per heavy atom. The van der Waals surface area contributed by atoms with Crippen LogP contribution >= 0.6 is 0 Å². The van der Waals surface area contributed by atoms with Crippen molar-refractivity contribution in [1.29, 1.82) is 0 Å². The van der Waals surface area contributed by atoms with E-state index in [4.69, 9.17) is 4.74 Å². The molecule has 2 unspecified atom stereocenters. The highest BCUT2D eigenvalue weighted by molar-refractivity contribution is 5.85. The molecule has 1 amide bonds. The number of hydrogen-bond acceptors (Lipinski definition) is 4. The predicted molar refractivity (Wildman–Crippen MR) is 146 cm³/mol. The monoisotopic (exact) mass is 495 g/mol. The van der Waals surface area contributed by atoms with Crippen molar-refractivity contribution in [2.45, 2.75) is 91.2 Å². The van der Waals surface area contributed by atoms with Crippen LogP contribution in [0.1, 0.15) is 78.2 Å². The molecule has 2 aromatic rings. The minimum absolute atomic E-state index is 0.0282. The smallest absolute Gasteiger partial charge is 0.407 e. The summed E-state index contributed by atoms with van der Waals surface area (Å²) in [7, 11) is 0. The fraction of sp³-hybridized carbons (Fsp3) is 0.667. The fourth-order valence-corrected chi connectivity index (χ4v) is 5.98. The molecule has 2 fully saturated rings. The van der Waals surface area contributed by atoms with Crippen molar-refractivity contribution in [1.82, 2.24) is 14.8 Å². The molecule has 0 radical (unpaired) electrons. The molecule has 2 saturated heterocycles. The van der Waals surface area contributed by atoms with Crippen molar-refractivity contribution in [2.24, 2.45) is 11.3 Å². The number of benzene rings is 1. The maximum absolute atomic E-state index is 11.7. The largest absolute Gasteiger partial charge is 0.488 e. The molecule has 1 aromatic carbocycles. The molecule has 2 aliphatic rings. The average molecular weight is 496 g/mol. The minimum Gasteiger partial charge on any atom is -0.488 e. The van der Waals surface area contributed by atoms with Gasteiger partial charge in [-0.15, -0.1) is 0 Å². The average Bonchev–Trinajstić information content (AvgIpc) is 2.86. The summed E-state index contributed by atoms with van der Waals surface area (Å²) in [6.45, 7) is 12.6. The maximum atomic E-state index is 11.7. The van der Waals surface area contributed by atoms with E-state index in [0.29, 0.717) is 12.5 Å². The van der Waals surface area contributed by atoms with Gasteiger partial charge in [0.05, 0.1) is 0 Å². The summed E-state index contributed by atoms with van der Waals surface area (Å²) in [4.78, 5) is 20.6. The van der Waals surface area contributed by atoms with Crippen molar-refractivity contribution >= 4 is 17.0 Å². The van der Waals surface area contributed by atoms with Crippen LogP contribution in [0, 0.1) is 11.3 Å². The third-order valence-corrected chi connectivity index (χ3v) is 8.19. The van der Waals surface area contributed by atoms with E-state index in [1.807, 2.05) is 12.3 Å². The highest BCUT2D eigenvalue weighted by Crippen LogP contribution is 2.36. The number of aromatic nitrogens is 1. The molecule has 2 aliphatic heterocycles. The number of ether oxygens (including phenoxy) is 1. The molecular formula is C30H45N3O3. The third kappa shape index (κ3) is 6.70. The van der Waals surface area contributed by atoms with Crippen LogP contribution in [-0.4, -0.2) is 64.3 Å². The number of pyridine rings is 1. The summed E-state index contributed by atoms with van der Waals surface area (Å²) in [5.74, 6) is 1.54. The molecule has 6 heteroatoms. The van der Waals surface area contributed by atoms with Gasteiger partial charge in [-0.3, -0.25) is 4.98 Å². The van der Waals surface area contributed by atoms with E-state index < -0.39 is 6.09 Å². The van der Waals surface area contributed by atoms with Gasteiger partial charge >= 0.3 is 6.09 Å². The number of amides is 1. The second-order valence-corrected chi connectivity index (χ2v) is 12.0. The Balaban J connectivity index is 1.29. The highest BCUT2D eigenvalue weighted by atomic mass is 16.5. The van der Waals surface area contributed by atoms with Crippen LogP contribution in [0.4, 0.5) is 4.79 Å². The zero-order valence-electron chi connectivity index (χ0n) is 22.7. The minimum atomic E-state index is -0.769. The number of nitrogens with zero attached hydrogens (tertiary/aromatic N) is 3. The zero-order chi connectivity index (χ0) is 25.7. The normalized spacial score (nSPS) is 22.2. The predicted octanol–water partition coefficient (Wildman–Crippen LogP) is 6.62. The summed E-state index contributed by atoms with van der Waals surface area (Å²) in [5.41, 5.74) is 2.29. The molecule has 3 heterocycles. The summed E-state index contributed by atoms with van der Waals surface area (Å²) < 4.78 is 6.57. The van der Waals surface area contributed by atoms with Gasteiger partial charge in [0.1, 0.15) is 17.4 Å². The van der Waals surface area contributed by atoms with Gasteiger partial charge in [0, 0.05) is 37.3 Å². The van der Waals surface area contributed by atoms with Gasteiger partial charge in [-0.05, 0) is 86.6 Å². The summed E-state index contributed by atoms with van der Waals surface area (Å²) in [6.07, 6.45) is 9.96. The Morgan fingerprint density at radius 3 is 2.64 bits per heavy atom. The lowest BCUT2D eigenvalue weighted by Crippen LogP contribution is -2.51. The molecule has 1 aromatic heterocycles. The Labute approximate surface area is 217 Å². The van der Waals surface area contributed by atoms with Gasteiger partial charge in [0.15, 0.2) is 0 Å².